The zero-order valence-electron chi connectivity index (χ0n) is 12.6. The van der Waals surface area contributed by atoms with Crippen molar-refractivity contribution in [2.75, 3.05) is 13.1 Å². The van der Waals surface area contributed by atoms with Crippen molar-refractivity contribution in [3.8, 4) is 0 Å². The summed E-state index contributed by atoms with van der Waals surface area (Å²) in [6, 6.07) is 3.59. The van der Waals surface area contributed by atoms with Crippen molar-refractivity contribution in [2.45, 2.75) is 39.5 Å². The Kier molecular flexibility index (Phi) is 4.60. The summed E-state index contributed by atoms with van der Waals surface area (Å²) in [6.45, 7) is 4.87. The summed E-state index contributed by atoms with van der Waals surface area (Å²) >= 11 is 0. The van der Waals surface area contributed by atoms with Gasteiger partial charge in [-0.05, 0) is 38.3 Å². The fourth-order valence-electron chi connectivity index (χ4n) is 2.96. The predicted molar refractivity (Wildman–Crippen MR) is 79.1 cm³/mol. The summed E-state index contributed by atoms with van der Waals surface area (Å²) in [5.41, 5.74) is 0.786. The molecule has 1 aromatic rings. The summed E-state index contributed by atoms with van der Waals surface area (Å²) in [5.74, 6) is -0.786. The van der Waals surface area contributed by atoms with Crippen LogP contribution in [0.4, 0.5) is 0 Å². The molecule has 0 bridgehead atoms. The number of nitrogens with zero attached hydrogens (tertiary/aromatic N) is 2. The van der Waals surface area contributed by atoms with E-state index in [1.807, 2.05) is 19.9 Å². The molecule has 0 aliphatic carbocycles. The Morgan fingerprint density at radius 1 is 1.33 bits per heavy atom. The quantitative estimate of drug-likeness (QED) is 0.925. The van der Waals surface area contributed by atoms with Crippen LogP contribution in [0.25, 0.3) is 0 Å². The fraction of sp³-hybridized carbons (Fsp3) is 0.562. The summed E-state index contributed by atoms with van der Waals surface area (Å²) in [5, 5.41) is 9.48. The first-order valence-electron chi connectivity index (χ1n) is 7.44. The van der Waals surface area contributed by atoms with E-state index in [0.717, 1.165) is 12.1 Å². The van der Waals surface area contributed by atoms with Gasteiger partial charge in [0, 0.05) is 25.0 Å². The normalized spacial score (nSPS) is 17.5. The molecule has 2 heterocycles. The van der Waals surface area contributed by atoms with Crippen LogP contribution in [0.3, 0.4) is 0 Å². The third kappa shape index (κ3) is 3.23. The van der Waals surface area contributed by atoms with Crippen LogP contribution >= 0.6 is 0 Å². The average molecular weight is 290 g/mol. The predicted octanol–water partition coefficient (Wildman–Crippen LogP) is 2.50. The van der Waals surface area contributed by atoms with E-state index < -0.39 is 11.4 Å². The van der Waals surface area contributed by atoms with Gasteiger partial charge in [-0.25, -0.2) is 0 Å². The Balaban J connectivity index is 2.04. The van der Waals surface area contributed by atoms with Gasteiger partial charge in [0.25, 0.3) is 5.91 Å². The van der Waals surface area contributed by atoms with Crippen molar-refractivity contribution in [3.05, 3.63) is 29.6 Å². The Bertz CT molecular complexity index is 517. The maximum Gasteiger partial charge on any atom is 0.309 e. The van der Waals surface area contributed by atoms with Gasteiger partial charge in [-0.2, -0.15) is 0 Å². The van der Waals surface area contributed by atoms with E-state index in [9.17, 15) is 14.7 Å². The second-order valence-corrected chi connectivity index (χ2v) is 5.82. The molecule has 0 saturated carbocycles. The molecule has 0 aromatic carbocycles. The zero-order chi connectivity index (χ0) is 15.5. The number of aryl methyl sites for hydroxylation is 1. The molecule has 1 fully saturated rings. The second-order valence-electron chi connectivity index (χ2n) is 5.82. The number of carboxylic acid groups (broad SMARTS) is 1. The number of pyridine rings is 1. The van der Waals surface area contributed by atoms with Gasteiger partial charge in [0.1, 0.15) is 0 Å². The number of amides is 1. The lowest BCUT2D eigenvalue weighted by atomic mass is 9.75. The smallest absolute Gasteiger partial charge is 0.309 e. The minimum atomic E-state index is -0.728. The minimum Gasteiger partial charge on any atom is -0.481 e. The van der Waals surface area contributed by atoms with E-state index in [4.69, 9.17) is 0 Å². The molecule has 1 aliphatic rings. The van der Waals surface area contributed by atoms with Gasteiger partial charge in [0.2, 0.25) is 0 Å². The van der Waals surface area contributed by atoms with Crippen LogP contribution in [0.1, 0.15) is 48.7 Å². The molecular formula is C16H22N2O3. The highest BCUT2D eigenvalue weighted by Gasteiger charge is 2.41. The topological polar surface area (TPSA) is 70.5 Å². The van der Waals surface area contributed by atoms with Crippen molar-refractivity contribution < 1.29 is 14.7 Å². The first-order valence-corrected chi connectivity index (χ1v) is 7.44. The molecule has 0 unspecified atom stereocenters. The van der Waals surface area contributed by atoms with E-state index in [1.165, 1.54) is 0 Å². The molecule has 1 aliphatic heterocycles. The molecule has 114 valence electrons. The lowest BCUT2D eigenvalue weighted by Gasteiger charge is -2.38. The monoisotopic (exact) mass is 290 g/mol. The molecule has 1 amide bonds. The summed E-state index contributed by atoms with van der Waals surface area (Å²) in [4.78, 5) is 29.8. The lowest BCUT2D eigenvalue weighted by molar-refractivity contribution is -0.152. The number of hydrogen-bond donors (Lipinski definition) is 1. The molecule has 1 N–H and O–H groups in total. The molecule has 0 radical (unpaired) electrons. The largest absolute Gasteiger partial charge is 0.481 e. The summed E-state index contributed by atoms with van der Waals surface area (Å²) in [7, 11) is 0. The van der Waals surface area contributed by atoms with Crippen LogP contribution in [0.2, 0.25) is 0 Å². The van der Waals surface area contributed by atoms with Crippen LogP contribution in [0.5, 0.6) is 0 Å². The Labute approximate surface area is 125 Å². The number of aliphatic carboxylic acids is 1. The Morgan fingerprint density at radius 3 is 2.48 bits per heavy atom. The molecular weight excluding hydrogens is 268 g/mol. The zero-order valence-corrected chi connectivity index (χ0v) is 12.6. The number of carbonyl (C=O) groups excluding carboxylic acids is 1. The maximum absolute atomic E-state index is 12.4. The molecule has 5 heteroatoms. The van der Waals surface area contributed by atoms with Crippen LogP contribution in [0, 0.1) is 12.3 Å². The molecule has 1 aromatic heterocycles. The molecule has 0 spiro atoms. The van der Waals surface area contributed by atoms with Gasteiger partial charge in [0.15, 0.2) is 0 Å². The first kappa shape index (κ1) is 15.5. The summed E-state index contributed by atoms with van der Waals surface area (Å²) < 4.78 is 0. The number of carboxylic acids is 1. The van der Waals surface area contributed by atoms with E-state index in [-0.39, 0.29) is 5.91 Å². The lowest BCUT2D eigenvalue weighted by Crippen LogP contribution is -2.46. The molecule has 2 rings (SSSR count). The Morgan fingerprint density at radius 2 is 2.00 bits per heavy atom. The van der Waals surface area contributed by atoms with Gasteiger partial charge in [-0.3, -0.25) is 14.6 Å². The van der Waals surface area contributed by atoms with Gasteiger partial charge < -0.3 is 10.0 Å². The van der Waals surface area contributed by atoms with Gasteiger partial charge in [0.05, 0.1) is 11.0 Å². The highest BCUT2D eigenvalue weighted by molar-refractivity contribution is 5.94. The Hall–Kier alpha value is -1.91. The third-order valence-corrected chi connectivity index (χ3v) is 4.35. The standard InChI is InChI=1S/C16H22N2O3/c1-3-6-16(15(20)21)7-9-18(10-8-16)14(19)13-5-4-12(2)17-11-13/h4-5,11H,3,6-10H2,1-2H3,(H,20,21). The second kappa shape index (κ2) is 6.24. The van der Waals surface area contributed by atoms with E-state index in [2.05, 4.69) is 4.98 Å². The van der Waals surface area contributed by atoms with Crippen LogP contribution in [0.15, 0.2) is 18.3 Å². The highest BCUT2D eigenvalue weighted by Crippen LogP contribution is 2.36. The van der Waals surface area contributed by atoms with Crippen molar-refractivity contribution in [1.29, 1.82) is 0 Å². The number of likely N-dealkylation sites (tertiary alicyclic amines) is 1. The molecule has 21 heavy (non-hydrogen) atoms. The van der Waals surface area contributed by atoms with Crippen molar-refractivity contribution in [2.24, 2.45) is 5.41 Å². The number of aromatic nitrogens is 1. The first-order chi connectivity index (χ1) is 9.98. The average Bonchev–Trinajstić information content (AvgIpc) is 2.48. The fourth-order valence-corrected chi connectivity index (χ4v) is 2.96. The number of hydrogen-bond acceptors (Lipinski definition) is 3. The third-order valence-electron chi connectivity index (χ3n) is 4.35. The van der Waals surface area contributed by atoms with Crippen molar-refractivity contribution in [1.82, 2.24) is 9.88 Å². The number of carbonyl (C=O) groups is 2. The van der Waals surface area contributed by atoms with Crippen molar-refractivity contribution >= 4 is 11.9 Å². The van der Waals surface area contributed by atoms with Gasteiger partial charge in [-0.1, -0.05) is 13.3 Å². The van der Waals surface area contributed by atoms with Gasteiger partial charge >= 0.3 is 5.97 Å². The van der Waals surface area contributed by atoms with E-state index in [1.54, 1.807) is 17.2 Å². The van der Waals surface area contributed by atoms with Crippen LogP contribution < -0.4 is 0 Å². The molecule has 1 saturated heterocycles. The van der Waals surface area contributed by atoms with E-state index >= 15 is 0 Å². The number of piperidine rings is 1. The van der Waals surface area contributed by atoms with Gasteiger partial charge in [-0.15, -0.1) is 0 Å². The number of rotatable bonds is 4. The SMILES string of the molecule is CCCC1(C(=O)O)CCN(C(=O)c2ccc(C)nc2)CC1. The minimum absolute atomic E-state index is 0.0574. The van der Waals surface area contributed by atoms with E-state index in [0.29, 0.717) is 37.9 Å². The highest BCUT2D eigenvalue weighted by atomic mass is 16.4. The van der Waals surface area contributed by atoms with Crippen LogP contribution in [-0.2, 0) is 4.79 Å². The van der Waals surface area contributed by atoms with Crippen LogP contribution in [-0.4, -0.2) is 40.0 Å². The molecule has 5 nitrogen and oxygen atoms in total. The maximum atomic E-state index is 12.4. The molecule has 0 atom stereocenters. The summed E-state index contributed by atoms with van der Waals surface area (Å²) in [6.07, 6.45) is 4.17. The van der Waals surface area contributed by atoms with Crippen molar-refractivity contribution in [3.63, 3.8) is 0 Å².